The van der Waals surface area contributed by atoms with Crippen molar-refractivity contribution in [1.82, 2.24) is 8.97 Å². The van der Waals surface area contributed by atoms with Crippen molar-refractivity contribution in [3.63, 3.8) is 0 Å². The fraction of sp³-hybridized carbons (Fsp3) is 0.182. The Labute approximate surface area is 235 Å². The lowest BCUT2D eigenvalue weighted by atomic mass is 9.88. The topological polar surface area (TPSA) is 116 Å². The molecule has 0 saturated heterocycles. The monoisotopic (exact) mass is 547 g/mol. The maximum Gasteiger partial charge on any atom is 0.340 e. The summed E-state index contributed by atoms with van der Waals surface area (Å²) in [7, 11) is 1.52. The highest BCUT2D eigenvalue weighted by Gasteiger charge is 2.29. The van der Waals surface area contributed by atoms with Gasteiger partial charge in [0, 0.05) is 11.6 Å². The number of rotatable bonds is 5. The van der Waals surface area contributed by atoms with Gasteiger partial charge >= 0.3 is 5.69 Å². The summed E-state index contributed by atoms with van der Waals surface area (Å²) in [6, 6.07) is 19.7. The minimum absolute atomic E-state index is 0.441. The van der Waals surface area contributed by atoms with Crippen LogP contribution in [0.3, 0.4) is 0 Å². The van der Waals surface area contributed by atoms with Gasteiger partial charge in [-0.2, -0.15) is 0 Å². The van der Waals surface area contributed by atoms with Gasteiger partial charge in [-0.1, -0.05) is 36.4 Å². The van der Waals surface area contributed by atoms with Crippen molar-refractivity contribution < 1.29 is 14.6 Å². The number of carbonyl (C=O) groups excluding carboxylic acids is 1. The largest absolute Gasteiger partial charge is 0.495 e. The normalized spacial score (nSPS) is 12.3. The predicted molar refractivity (Wildman–Crippen MR) is 158 cm³/mol. The average Bonchev–Trinajstić information content (AvgIpc) is 3.32. The maximum atomic E-state index is 13.6. The summed E-state index contributed by atoms with van der Waals surface area (Å²) < 4.78 is 7.83. The van der Waals surface area contributed by atoms with E-state index in [1.54, 1.807) is 44.3 Å². The first-order chi connectivity index (χ1) is 19.5. The van der Waals surface area contributed by atoms with Gasteiger partial charge in [-0.3, -0.25) is 14.0 Å². The van der Waals surface area contributed by atoms with Crippen molar-refractivity contribution in [3.05, 3.63) is 122 Å². The van der Waals surface area contributed by atoms with Gasteiger partial charge in [-0.15, -0.1) is 0 Å². The zero-order valence-electron chi connectivity index (χ0n) is 23.2. The van der Waals surface area contributed by atoms with E-state index < -0.39 is 22.8 Å². The number of benzene rings is 3. The molecule has 3 aromatic carbocycles. The Morgan fingerprint density at radius 1 is 0.976 bits per heavy atom. The Bertz CT molecular complexity index is 2030. The van der Waals surface area contributed by atoms with Crippen LogP contribution in [-0.4, -0.2) is 27.1 Å². The third-order valence-electron chi connectivity index (χ3n) is 7.94. The Balaban J connectivity index is 1.59. The van der Waals surface area contributed by atoms with Crippen molar-refractivity contribution in [2.45, 2.75) is 32.8 Å². The molecule has 8 nitrogen and oxygen atoms in total. The lowest BCUT2D eigenvalue weighted by Gasteiger charge is -2.19. The highest BCUT2D eigenvalue weighted by Crippen LogP contribution is 2.46. The Morgan fingerprint density at radius 3 is 2.44 bits per heavy atom. The SMILES string of the molecule is COc1ccc2cc(=O)n(-c3cccc(-c4ccc(C(N)=O)c5c4-c4ccc(C(C)(C)O)cc4C5)c3C)c(=O)n2c1. The number of fused-ring (bicyclic) bond motifs is 4. The Hall–Kier alpha value is -4.95. The molecule has 206 valence electrons. The number of methoxy groups -OCH3 is 1. The van der Waals surface area contributed by atoms with E-state index in [0.717, 1.165) is 49.1 Å². The van der Waals surface area contributed by atoms with Gasteiger partial charge < -0.3 is 15.6 Å². The van der Waals surface area contributed by atoms with Crippen molar-refractivity contribution >= 4 is 11.4 Å². The third-order valence-corrected chi connectivity index (χ3v) is 7.94. The van der Waals surface area contributed by atoms with E-state index in [1.807, 2.05) is 43.3 Å². The minimum Gasteiger partial charge on any atom is -0.495 e. The summed E-state index contributed by atoms with van der Waals surface area (Å²) in [5.74, 6) is -0.0215. The van der Waals surface area contributed by atoms with Gasteiger partial charge in [-0.05, 0) is 96.0 Å². The second-order valence-corrected chi connectivity index (χ2v) is 10.9. The number of aliphatic hydroxyl groups is 1. The van der Waals surface area contributed by atoms with Gasteiger partial charge in [0.25, 0.3) is 5.56 Å². The minimum atomic E-state index is -1.02. The molecule has 0 radical (unpaired) electrons. The lowest BCUT2D eigenvalue weighted by molar-refractivity contribution is 0.0785. The Kier molecular flexibility index (Phi) is 5.97. The molecule has 2 heterocycles. The fourth-order valence-corrected chi connectivity index (χ4v) is 5.82. The van der Waals surface area contributed by atoms with Crippen LogP contribution in [0.5, 0.6) is 5.75 Å². The van der Waals surface area contributed by atoms with Crippen LogP contribution in [0.25, 0.3) is 33.5 Å². The first-order valence-electron chi connectivity index (χ1n) is 13.2. The zero-order valence-corrected chi connectivity index (χ0v) is 23.2. The van der Waals surface area contributed by atoms with E-state index >= 15 is 0 Å². The van der Waals surface area contributed by atoms with Crippen molar-refractivity contribution in [3.8, 4) is 33.7 Å². The second-order valence-electron chi connectivity index (χ2n) is 10.9. The molecule has 41 heavy (non-hydrogen) atoms. The summed E-state index contributed by atoms with van der Waals surface area (Å²) >= 11 is 0. The molecule has 3 N–H and O–H groups in total. The number of carbonyl (C=O) groups is 1. The molecular weight excluding hydrogens is 518 g/mol. The quantitative estimate of drug-likeness (QED) is 0.333. The highest BCUT2D eigenvalue weighted by atomic mass is 16.5. The summed E-state index contributed by atoms with van der Waals surface area (Å²) in [4.78, 5) is 39.3. The standard InChI is InChI=1S/C33H29N3O5/c1-18-23(6-5-7-28(18)36-29(37)16-21-9-10-22(41-4)17-35(21)32(36)39)25-12-13-26(31(34)38)27-15-19-14-20(33(2,3)40)8-11-24(19)30(25)27/h5-14,16-17,40H,15H2,1-4H3,(H2,34,38). The van der Waals surface area contributed by atoms with Crippen LogP contribution < -0.4 is 21.7 Å². The molecule has 8 heteroatoms. The number of amides is 1. The molecule has 1 aliphatic carbocycles. The molecule has 1 amide bonds. The number of nitrogens with two attached hydrogens (primary N) is 1. The molecule has 0 unspecified atom stereocenters. The summed E-state index contributed by atoms with van der Waals surface area (Å²) in [6.45, 7) is 5.34. The van der Waals surface area contributed by atoms with Crippen LogP contribution in [-0.2, 0) is 12.0 Å². The van der Waals surface area contributed by atoms with Gasteiger partial charge in [0.05, 0.1) is 30.1 Å². The van der Waals surface area contributed by atoms with Crippen molar-refractivity contribution in [2.24, 2.45) is 5.73 Å². The van der Waals surface area contributed by atoms with Crippen LogP contribution in [0, 0.1) is 6.92 Å². The van der Waals surface area contributed by atoms with Crippen LogP contribution in [0.2, 0.25) is 0 Å². The zero-order chi connectivity index (χ0) is 29.2. The highest BCUT2D eigenvalue weighted by molar-refractivity contribution is 6.02. The molecule has 0 spiro atoms. The molecule has 0 atom stereocenters. The number of nitrogens with zero attached hydrogens (tertiary/aromatic N) is 2. The van der Waals surface area contributed by atoms with E-state index in [1.165, 1.54) is 17.6 Å². The first-order valence-corrected chi connectivity index (χ1v) is 13.2. The molecule has 0 aliphatic heterocycles. The van der Waals surface area contributed by atoms with Crippen LogP contribution >= 0.6 is 0 Å². The maximum absolute atomic E-state index is 13.6. The van der Waals surface area contributed by atoms with Gasteiger partial charge in [-0.25, -0.2) is 9.36 Å². The number of hydrogen-bond acceptors (Lipinski definition) is 5. The molecule has 1 aliphatic rings. The van der Waals surface area contributed by atoms with Gasteiger partial charge in [0.2, 0.25) is 5.91 Å². The molecule has 0 saturated carbocycles. The molecule has 6 rings (SSSR count). The van der Waals surface area contributed by atoms with Crippen molar-refractivity contribution in [1.29, 1.82) is 0 Å². The van der Waals surface area contributed by atoms with E-state index in [-0.39, 0.29) is 0 Å². The van der Waals surface area contributed by atoms with Gasteiger partial charge in [0.15, 0.2) is 0 Å². The number of aromatic nitrogens is 2. The van der Waals surface area contributed by atoms with Crippen LogP contribution in [0.15, 0.2) is 82.5 Å². The number of hydrogen-bond donors (Lipinski definition) is 2. The average molecular weight is 548 g/mol. The number of ether oxygens (including phenoxy) is 1. The summed E-state index contributed by atoms with van der Waals surface area (Å²) in [5.41, 5.74) is 12.0. The summed E-state index contributed by atoms with van der Waals surface area (Å²) in [6.07, 6.45) is 2.05. The van der Waals surface area contributed by atoms with Gasteiger partial charge in [0.1, 0.15) is 5.75 Å². The summed E-state index contributed by atoms with van der Waals surface area (Å²) in [5, 5.41) is 10.6. The van der Waals surface area contributed by atoms with Crippen LogP contribution in [0.4, 0.5) is 0 Å². The molecule has 0 fully saturated rings. The molecule has 0 bridgehead atoms. The number of pyridine rings is 1. The third kappa shape index (κ3) is 4.15. The van der Waals surface area contributed by atoms with Crippen LogP contribution in [0.1, 0.15) is 46.5 Å². The first kappa shape index (κ1) is 26.3. The molecule has 5 aromatic rings. The van der Waals surface area contributed by atoms with Crippen molar-refractivity contribution in [2.75, 3.05) is 7.11 Å². The Morgan fingerprint density at radius 2 is 1.73 bits per heavy atom. The molecular formula is C33H29N3O5. The smallest absolute Gasteiger partial charge is 0.340 e. The second kappa shape index (κ2) is 9.31. The number of primary amides is 1. The molecule has 2 aromatic heterocycles. The van der Waals surface area contributed by atoms with E-state index in [9.17, 15) is 19.5 Å². The predicted octanol–water partition coefficient (Wildman–Crippen LogP) is 4.33. The van der Waals surface area contributed by atoms with E-state index in [4.69, 9.17) is 10.5 Å². The van der Waals surface area contributed by atoms with E-state index in [2.05, 4.69) is 0 Å². The lowest BCUT2D eigenvalue weighted by Crippen LogP contribution is -2.36. The fourth-order valence-electron chi connectivity index (χ4n) is 5.82. The van der Waals surface area contributed by atoms with E-state index in [0.29, 0.717) is 28.9 Å².